The van der Waals surface area contributed by atoms with Gasteiger partial charge in [-0.25, -0.2) is 5.01 Å². The van der Waals surface area contributed by atoms with E-state index in [4.69, 9.17) is 5.73 Å². The molecule has 0 bridgehead atoms. The van der Waals surface area contributed by atoms with Crippen molar-refractivity contribution < 1.29 is 4.79 Å². The summed E-state index contributed by atoms with van der Waals surface area (Å²) >= 11 is 0. The molecule has 98 valence electrons. The van der Waals surface area contributed by atoms with Crippen LogP contribution in [-0.4, -0.2) is 55.6 Å². The van der Waals surface area contributed by atoms with Crippen LogP contribution >= 0.6 is 0 Å². The molecule has 0 aromatic heterocycles. The van der Waals surface area contributed by atoms with Gasteiger partial charge in [0.25, 0.3) is 0 Å². The normalized spacial score (nSPS) is 31.6. The summed E-state index contributed by atoms with van der Waals surface area (Å²) in [6, 6.07) is 0. The van der Waals surface area contributed by atoms with Crippen LogP contribution in [0.1, 0.15) is 19.3 Å². The lowest BCUT2D eigenvalue weighted by atomic mass is 9.96. The van der Waals surface area contributed by atoms with Gasteiger partial charge in [-0.15, -0.1) is 0 Å². The summed E-state index contributed by atoms with van der Waals surface area (Å²) in [5, 5.41) is 2.05. The Bertz CT molecular complexity index is 263. The topological polar surface area (TPSA) is 61.6 Å². The molecule has 1 aliphatic heterocycles. The molecule has 2 aliphatic rings. The molecule has 0 radical (unpaired) electrons. The van der Waals surface area contributed by atoms with Gasteiger partial charge in [0.05, 0.1) is 0 Å². The van der Waals surface area contributed by atoms with Crippen LogP contribution in [0, 0.1) is 11.8 Å². The van der Waals surface area contributed by atoms with E-state index in [-0.39, 0.29) is 11.8 Å². The van der Waals surface area contributed by atoms with Crippen molar-refractivity contribution in [3.05, 3.63) is 0 Å². The molecule has 5 nitrogen and oxygen atoms in total. The zero-order valence-corrected chi connectivity index (χ0v) is 10.7. The Balaban J connectivity index is 1.80. The molecule has 2 unspecified atom stereocenters. The molecule has 1 saturated heterocycles. The quantitative estimate of drug-likeness (QED) is 0.707. The third kappa shape index (κ3) is 3.18. The van der Waals surface area contributed by atoms with Gasteiger partial charge in [0.15, 0.2) is 0 Å². The van der Waals surface area contributed by atoms with Crippen molar-refractivity contribution in [2.24, 2.45) is 17.6 Å². The average Bonchev–Trinajstić information content (AvgIpc) is 2.80. The first-order chi connectivity index (χ1) is 8.20. The molecule has 1 saturated carbocycles. The van der Waals surface area contributed by atoms with E-state index >= 15 is 0 Å². The molecule has 3 N–H and O–H groups in total. The van der Waals surface area contributed by atoms with Crippen LogP contribution in [-0.2, 0) is 4.79 Å². The Labute approximate surface area is 103 Å². The first-order valence-electron chi connectivity index (χ1n) is 6.64. The van der Waals surface area contributed by atoms with Crippen molar-refractivity contribution >= 4 is 5.91 Å². The molecule has 0 aromatic rings. The van der Waals surface area contributed by atoms with Crippen molar-refractivity contribution in [1.82, 2.24) is 15.3 Å². The van der Waals surface area contributed by atoms with E-state index in [2.05, 4.69) is 17.4 Å². The highest BCUT2D eigenvalue weighted by atomic mass is 16.2. The minimum atomic E-state index is 0.139. The monoisotopic (exact) mass is 240 g/mol. The van der Waals surface area contributed by atoms with Gasteiger partial charge in [0, 0.05) is 32.1 Å². The highest BCUT2D eigenvalue weighted by Crippen LogP contribution is 2.30. The summed E-state index contributed by atoms with van der Waals surface area (Å²) in [7, 11) is 2.11. The van der Waals surface area contributed by atoms with Crippen molar-refractivity contribution in [3.63, 3.8) is 0 Å². The van der Waals surface area contributed by atoms with E-state index in [0.29, 0.717) is 12.5 Å². The van der Waals surface area contributed by atoms with E-state index in [1.807, 2.05) is 5.01 Å². The highest BCUT2D eigenvalue weighted by molar-refractivity contribution is 5.78. The molecular formula is C12H24N4O. The van der Waals surface area contributed by atoms with Crippen molar-refractivity contribution in [2.75, 3.05) is 39.8 Å². The number of hydrogen-bond donors (Lipinski definition) is 2. The van der Waals surface area contributed by atoms with Crippen LogP contribution < -0.4 is 11.2 Å². The lowest BCUT2D eigenvalue weighted by molar-refractivity contribution is -0.131. The van der Waals surface area contributed by atoms with Gasteiger partial charge in [-0.2, -0.15) is 0 Å². The average molecular weight is 240 g/mol. The smallest absolute Gasteiger partial charge is 0.237 e. The number of hydrogen-bond acceptors (Lipinski definition) is 4. The number of nitrogens with one attached hydrogen (secondary N) is 1. The van der Waals surface area contributed by atoms with Crippen LogP contribution in [0.15, 0.2) is 0 Å². The summed E-state index contributed by atoms with van der Waals surface area (Å²) in [6.07, 6.45) is 3.25. The van der Waals surface area contributed by atoms with Gasteiger partial charge in [0.2, 0.25) is 5.91 Å². The third-order valence-corrected chi connectivity index (χ3v) is 4.07. The number of carbonyl (C=O) groups is 1. The summed E-state index contributed by atoms with van der Waals surface area (Å²) in [4.78, 5) is 14.4. The van der Waals surface area contributed by atoms with E-state index in [1.165, 1.54) is 0 Å². The summed E-state index contributed by atoms with van der Waals surface area (Å²) in [5.41, 5.74) is 8.77. The Morgan fingerprint density at radius 1 is 1.29 bits per heavy atom. The zero-order valence-electron chi connectivity index (χ0n) is 10.7. The maximum Gasteiger partial charge on any atom is 0.237 e. The van der Waals surface area contributed by atoms with Gasteiger partial charge in [-0.05, 0) is 32.4 Å². The number of amides is 1. The molecule has 2 fully saturated rings. The van der Waals surface area contributed by atoms with Crippen LogP contribution in [0.4, 0.5) is 0 Å². The maximum atomic E-state index is 12.1. The van der Waals surface area contributed by atoms with E-state index < -0.39 is 0 Å². The Morgan fingerprint density at radius 3 is 2.65 bits per heavy atom. The first kappa shape index (κ1) is 12.8. The van der Waals surface area contributed by atoms with E-state index in [9.17, 15) is 4.79 Å². The molecular weight excluding hydrogens is 216 g/mol. The number of carbonyl (C=O) groups excluding carboxylic acids is 1. The molecule has 2 rings (SSSR count). The van der Waals surface area contributed by atoms with Gasteiger partial charge < -0.3 is 10.6 Å². The maximum absolute atomic E-state index is 12.1. The number of nitrogens with zero attached hydrogens (tertiary/aromatic N) is 2. The molecule has 2 atom stereocenters. The van der Waals surface area contributed by atoms with Crippen molar-refractivity contribution in [3.8, 4) is 0 Å². The summed E-state index contributed by atoms with van der Waals surface area (Å²) in [6.45, 7) is 4.52. The van der Waals surface area contributed by atoms with Crippen molar-refractivity contribution in [1.29, 1.82) is 0 Å². The standard InChI is InChI=1S/C12H24N4O/c1-15-5-7-16(8-6-15)14-12(17)11-4-2-3-10(11)9-13/h10-11H,2-9,13H2,1H3,(H,14,17). The van der Waals surface area contributed by atoms with Crippen LogP contribution in [0.2, 0.25) is 0 Å². The zero-order chi connectivity index (χ0) is 12.3. The number of likely N-dealkylation sites (N-methyl/N-ethyl adjacent to an activating group) is 1. The Hall–Kier alpha value is -0.650. The fourth-order valence-corrected chi connectivity index (χ4v) is 2.82. The number of piperazine rings is 1. The minimum Gasteiger partial charge on any atom is -0.330 e. The first-order valence-corrected chi connectivity index (χ1v) is 6.64. The fraction of sp³-hybridized carbons (Fsp3) is 0.917. The lowest BCUT2D eigenvalue weighted by Gasteiger charge is -2.33. The molecule has 1 heterocycles. The predicted molar refractivity (Wildman–Crippen MR) is 67.1 cm³/mol. The Morgan fingerprint density at radius 2 is 2.00 bits per heavy atom. The Kier molecular flexibility index (Phi) is 4.36. The van der Waals surface area contributed by atoms with E-state index in [1.54, 1.807) is 0 Å². The van der Waals surface area contributed by atoms with Gasteiger partial charge in [-0.3, -0.25) is 10.2 Å². The molecule has 0 spiro atoms. The molecule has 17 heavy (non-hydrogen) atoms. The third-order valence-electron chi connectivity index (χ3n) is 4.07. The van der Waals surface area contributed by atoms with Gasteiger partial charge in [0.1, 0.15) is 0 Å². The van der Waals surface area contributed by atoms with Crippen molar-refractivity contribution in [2.45, 2.75) is 19.3 Å². The second kappa shape index (κ2) is 5.80. The van der Waals surface area contributed by atoms with Crippen LogP contribution in [0.25, 0.3) is 0 Å². The molecule has 1 amide bonds. The van der Waals surface area contributed by atoms with Crippen LogP contribution in [0.3, 0.4) is 0 Å². The SMILES string of the molecule is CN1CCN(NC(=O)C2CCCC2CN)CC1. The number of rotatable bonds is 3. The number of nitrogens with two attached hydrogens (primary N) is 1. The van der Waals surface area contributed by atoms with Crippen LogP contribution in [0.5, 0.6) is 0 Å². The molecule has 5 heteroatoms. The van der Waals surface area contributed by atoms with Gasteiger partial charge >= 0.3 is 0 Å². The van der Waals surface area contributed by atoms with Gasteiger partial charge in [-0.1, -0.05) is 6.42 Å². The summed E-state index contributed by atoms with van der Waals surface area (Å²) < 4.78 is 0. The fourth-order valence-electron chi connectivity index (χ4n) is 2.82. The minimum absolute atomic E-state index is 0.139. The molecule has 0 aromatic carbocycles. The molecule has 1 aliphatic carbocycles. The largest absolute Gasteiger partial charge is 0.330 e. The van der Waals surface area contributed by atoms with E-state index in [0.717, 1.165) is 45.4 Å². The second-order valence-electron chi connectivity index (χ2n) is 5.30. The predicted octanol–water partition coefficient (Wildman–Crippen LogP) is -0.360. The lowest BCUT2D eigenvalue weighted by Crippen LogP contribution is -2.54. The second-order valence-corrected chi connectivity index (χ2v) is 5.30. The summed E-state index contributed by atoms with van der Waals surface area (Å²) in [5.74, 6) is 0.713. The highest BCUT2D eigenvalue weighted by Gasteiger charge is 2.32. The number of hydrazine groups is 1.